The number of aromatic nitrogens is 1. The maximum atomic E-state index is 13.0. The zero-order valence-corrected chi connectivity index (χ0v) is 17.5. The van der Waals surface area contributed by atoms with Crippen molar-refractivity contribution in [3.8, 4) is 0 Å². The number of amides is 4. The molecule has 1 aliphatic heterocycles. The second kappa shape index (κ2) is 10.3. The van der Waals surface area contributed by atoms with Gasteiger partial charge in [-0.2, -0.15) is 13.2 Å². The molecule has 3 rings (SSSR count). The normalized spacial score (nSPS) is 16.3. The molecule has 0 bridgehead atoms. The molecule has 0 unspecified atom stereocenters. The fraction of sp³-hybridized carbons (Fsp3) is 0.333. The lowest BCUT2D eigenvalue weighted by Crippen LogP contribution is -2.43. The van der Waals surface area contributed by atoms with Crippen molar-refractivity contribution in [1.82, 2.24) is 20.5 Å². The topological polar surface area (TPSA) is 129 Å². The summed E-state index contributed by atoms with van der Waals surface area (Å²) in [6, 6.07) is 4.90. The molecule has 1 aromatic carbocycles. The van der Waals surface area contributed by atoms with Crippen LogP contribution in [-0.4, -0.2) is 53.4 Å². The van der Waals surface area contributed by atoms with Gasteiger partial charge in [0.25, 0.3) is 5.91 Å². The lowest BCUT2D eigenvalue weighted by molar-refractivity contribution is -0.137. The number of carbonyl (C=O) groups excluding carboxylic acids is 3. The maximum Gasteiger partial charge on any atom is 0.416 e. The number of anilines is 1. The third kappa shape index (κ3) is 6.91. The van der Waals surface area contributed by atoms with Crippen molar-refractivity contribution in [2.75, 3.05) is 25.0 Å². The Morgan fingerprint density at radius 3 is 2.55 bits per heavy atom. The number of pyridine rings is 1. The van der Waals surface area contributed by atoms with E-state index in [2.05, 4.69) is 25.8 Å². The Hall–Kier alpha value is -3.67. The average Bonchev–Trinajstić information content (AvgIpc) is 3.18. The molecule has 2 heterocycles. The summed E-state index contributed by atoms with van der Waals surface area (Å²) in [6.07, 6.45) is -0.544. The Labute approximate surface area is 187 Å². The van der Waals surface area contributed by atoms with Crippen molar-refractivity contribution in [3.63, 3.8) is 0 Å². The first-order valence-corrected chi connectivity index (χ1v) is 10.1. The van der Waals surface area contributed by atoms with Gasteiger partial charge in [-0.25, -0.2) is 4.79 Å². The van der Waals surface area contributed by atoms with Crippen molar-refractivity contribution in [2.24, 2.45) is 5.73 Å². The van der Waals surface area contributed by atoms with Crippen LogP contribution in [0.3, 0.4) is 0 Å². The van der Waals surface area contributed by atoms with Crippen LogP contribution < -0.4 is 21.7 Å². The lowest BCUT2D eigenvalue weighted by Gasteiger charge is -2.17. The van der Waals surface area contributed by atoms with Crippen LogP contribution in [0.15, 0.2) is 42.7 Å². The van der Waals surface area contributed by atoms with Gasteiger partial charge in [-0.05, 0) is 42.3 Å². The summed E-state index contributed by atoms with van der Waals surface area (Å²) in [6.45, 7) is 1.69. The number of nitrogens with one attached hydrogen (secondary N) is 3. The van der Waals surface area contributed by atoms with Crippen molar-refractivity contribution < 1.29 is 27.6 Å². The number of urea groups is 1. The minimum atomic E-state index is -4.69. The second-order valence-corrected chi connectivity index (χ2v) is 7.57. The van der Waals surface area contributed by atoms with Gasteiger partial charge in [0.05, 0.1) is 23.4 Å². The van der Waals surface area contributed by atoms with Gasteiger partial charge < -0.3 is 21.7 Å². The molecule has 2 aromatic rings. The van der Waals surface area contributed by atoms with Gasteiger partial charge in [0.1, 0.15) is 0 Å². The van der Waals surface area contributed by atoms with E-state index in [1.165, 1.54) is 0 Å². The lowest BCUT2D eigenvalue weighted by atomic mass is 10.1. The highest BCUT2D eigenvalue weighted by Crippen LogP contribution is 2.31. The third-order valence-electron chi connectivity index (χ3n) is 5.05. The fourth-order valence-corrected chi connectivity index (χ4v) is 3.53. The first-order valence-electron chi connectivity index (χ1n) is 10.1. The van der Waals surface area contributed by atoms with Gasteiger partial charge in [-0.3, -0.25) is 19.5 Å². The highest BCUT2D eigenvalue weighted by atomic mass is 19.4. The number of rotatable bonds is 7. The molecule has 12 heteroatoms. The minimum Gasteiger partial charge on any atom is -0.351 e. The molecule has 1 aromatic heterocycles. The van der Waals surface area contributed by atoms with Crippen molar-refractivity contribution in [1.29, 1.82) is 0 Å². The van der Waals surface area contributed by atoms with E-state index in [1.54, 1.807) is 12.4 Å². The van der Waals surface area contributed by atoms with Gasteiger partial charge in [-0.1, -0.05) is 0 Å². The number of hydrogen-bond donors (Lipinski definition) is 4. The zero-order chi connectivity index (χ0) is 24.0. The quantitative estimate of drug-likeness (QED) is 0.496. The monoisotopic (exact) mass is 464 g/mol. The maximum absolute atomic E-state index is 13.0. The van der Waals surface area contributed by atoms with Crippen LogP contribution in [0, 0.1) is 0 Å². The fourth-order valence-electron chi connectivity index (χ4n) is 3.53. The number of nitrogens with two attached hydrogens (primary N) is 1. The van der Waals surface area contributed by atoms with Crippen molar-refractivity contribution in [3.05, 3.63) is 59.4 Å². The van der Waals surface area contributed by atoms with Crippen LogP contribution in [0.5, 0.6) is 0 Å². The Kier molecular flexibility index (Phi) is 7.48. The van der Waals surface area contributed by atoms with Gasteiger partial charge >= 0.3 is 12.2 Å². The number of hydrogen-bond acceptors (Lipinski definition) is 5. The van der Waals surface area contributed by atoms with Gasteiger partial charge in [0.15, 0.2) is 0 Å². The smallest absolute Gasteiger partial charge is 0.351 e. The van der Waals surface area contributed by atoms with E-state index in [1.807, 2.05) is 12.1 Å². The summed E-state index contributed by atoms with van der Waals surface area (Å²) < 4.78 is 39.1. The number of benzene rings is 1. The molecule has 0 radical (unpaired) electrons. The number of primary amides is 1. The highest BCUT2D eigenvalue weighted by Gasteiger charge is 2.32. The molecular formula is C21H23F3N6O3. The molecule has 1 atom stereocenters. The zero-order valence-electron chi connectivity index (χ0n) is 17.5. The molecule has 0 aliphatic carbocycles. The Balaban J connectivity index is 1.55. The van der Waals surface area contributed by atoms with E-state index in [4.69, 9.17) is 5.73 Å². The van der Waals surface area contributed by atoms with Gasteiger partial charge in [0.2, 0.25) is 5.91 Å². The predicted molar refractivity (Wildman–Crippen MR) is 113 cm³/mol. The van der Waals surface area contributed by atoms with Crippen molar-refractivity contribution >= 4 is 23.5 Å². The molecule has 9 nitrogen and oxygen atoms in total. The van der Waals surface area contributed by atoms with Crippen LogP contribution >= 0.6 is 0 Å². The molecule has 176 valence electrons. The Bertz CT molecular complexity index is 1020. The summed E-state index contributed by atoms with van der Waals surface area (Å²) >= 11 is 0. The Morgan fingerprint density at radius 1 is 1.15 bits per heavy atom. The SMILES string of the molecule is NC(=O)Nc1ccc(C(F)(F)F)cc1C(=O)NCC(=O)N[C@@H]1CCN(Cc2ccncc2)C1. The number of halogens is 3. The number of carbonyl (C=O) groups is 3. The number of nitrogens with zero attached hydrogens (tertiary/aromatic N) is 2. The number of likely N-dealkylation sites (tertiary alicyclic amines) is 1. The van der Waals surface area contributed by atoms with Crippen molar-refractivity contribution in [2.45, 2.75) is 25.2 Å². The largest absolute Gasteiger partial charge is 0.416 e. The van der Waals surface area contributed by atoms with E-state index < -0.39 is 41.7 Å². The average molecular weight is 464 g/mol. The highest BCUT2D eigenvalue weighted by molar-refractivity contribution is 6.04. The minimum absolute atomic E-state index is 0.114. The second-order valence-electron chi connectivity index (χ2n) is 7.57. The third-order valence-corrected chi connectivity index (χ3v) is 5.05. The molecule has 0 spiro atoms. The molecule has 1 fully saturated rings. The standard InChI is InChI=1S/C21H23F3N6O3/c22-21(23,24)14-1-2-17(29-20(25)33)16(9-14)19(32)27-10-18(31)28-15-5-8-30(12-15)11-13-3-6-26-7-4-13/h1-4,6-7,9,15H,5,8,10-12H2,(H,27,32)(H,28,31)(H3,25,29,33)/t15-/m1/s1. The van der Waals surface area contributed by atoms with Gasteiger partial charge in [0, 0.05) is 38.1 Å². The molecule has 0 saturated carbocycles. The van der Waals surface area contributed by atoms with Crippen LogP contribution in [0.1, 0.15) is 27.9 Å². The van der Waals surface area contributed by atoms with Crippen LogP contribution in [0.2, 0.25) is 0 Å². The van der Waals surface area contributed by atoms with E-state index in [0.717, 1.165) is 31.1 Å². The molecule has 1 aliphatic rings. The summed E-state index contributed by atoms with van der Waals surface area (Å²) in [5.41, 5.74) is 4.39. The van der Waals surface area contributed by atoms with E-state index in [9.17, 15) is 27.6 Å². The molecule has 33 heavy (non-hydrogen) atoms. The summed E-state index contributed by atoms with van der Waals surface area (Å²) in [4.78, 5) is 42.0. The Morgan fingerprint density at radius 2 is 1.88 bits per heavy atom. The van der Waals surface area contributed by atoms with E-state index in [0.29, 0.717) is 18.7 Å². The van der Waals surface area contributed by atoms with Crippen LogP contribution in [0.4, 0.5) is 23.7 Å². The summed E-state index contributed by atoms with van der Waals surface area (Å²) in [7, 11) is 0. The van der Waals surface area contributed by atoms with E-state index in [-0.39, 0.29) is 11.7 Å². The molecule has 1 saturated heterocycles. The molecule has 5 N–H and O–H groups in total. The number of alkyl halides is 3. The first kappa shape index (κ1) is 24.0. The first-order chi connectivity index (χ1) is 15.6. The van der Waals surface area contributed by atoms with E-state index >= 15 is 0 Å². The summed E-state index contributed by atoms with van der Waals surface area (Å²) in [5.74, 6) is -1.43. The molecule has 4 amide bonds. The van der Waals surface area contributed by atoms with Crippen LogP contribution in [0.25, 0.3) is 0 Å². The van der Waals surface area contributed by atoms with Crippen LogP contribution in [-0.2, 0) is 17.5 Å². The summed E-state index contributed by atoms with van der Waals surface area (Å²) in [5, 5.41) is 7.20. The predicted octanol–water partition coefficient (Wildman–Crippen LogP) is 1.71. The molecular weight excluding hydrogens is 441 g/mol. The van der Waals surface area contributed by atoms with Gasteiger partial charge in [-0.15, -0.1) is 0 Å².